The highest BCUT2D eigenvalue weighted by Crippen LogP contribution is 2.42. The van der Waals surface area contributed by atoms with Crippen molar-refractivity contribution in [3.8, 4) is 0 Å². The van der Waals surface area contributed by atoms with Crippen LogP contribution in [0.4, 0.5) is 27.9 Å². The second kappa shape index (κ2) is 7.18. The highest BCUT2D eigenvalue weighted by molar-refractivity contribution is 5.92. The molecular formula is C20H24F5N3O2. The van der Waals surface area contributed by atoms with Gasteiger partial charge in [0.2, 0.25) is 11.9 Å². The van der Waals surface area contributed by atoms with Gasteiger partial charge in [-0.1, -0.05) is 13.8 Å². The Morgan fingerprint density at radius 1 is 1.23 bits per heavy atom. The summed E-state index contributed by atoms with van der Waals surface area (Å²) >= 11 is 0. The van der Waals surface area contributed by atoms with Crippen LogP contribution in [0.25, 0.3) is 11.0 Å². The van der Waals surface area contributed by atoms with E-state index in [9.17, 15) is 27.5 Å². The number of hydrogen-bond donors (Lipinski definition) is 2. The molecule has 2 N–H and O–H groups in total. The highest BCUT2D eigenvalue weighted by Gasteiger charge is 2.48. The maximum Gasteiger partial charge on any atom is 0.394 e. The van der Waals surface area contributed by atoms with Crippen molar-refractivity contribution in [2.24, 2.45) is 5.41 Å². The first-order valence-corrected chi connectivity index (χ1v) is 9.63. The molecule has 0 spiro atoms. The third kappa shape index (κ3) is 3.89. The summed E-state index contributed by atoms with van der Waals surface area (Å²) in [6.07, 6.45) is -3.29. The van der Waals surface area contributed by atoms with Crippen molar-refractivity contribution >= 4 is 22.9 Å². The van der Waals surface area contributed by atoms with Crippen LogP contribution in [0.15, 0.2) is 6.07 Å². The number of benzene rings is 1. The zero-order chi connectivity index (χ0) is 22.6. The van der Waals surface area contributed by atoms with E-state index in [4.69, 9.17) is 0 Å². The summed E-state index contributed by atoms with van der Waals surface area (Å²) in [6, 6.07) is 0.714. The van der Waals surface area contributed by atoms with Crippen LogP contribution in [-0.4, -0.2) is 26.7 Å². The van der Waals surface area contributed by atoms with Gasteiger partial charge in [-0.3, -0.25) is 10.1 Å². The smallest absolute Gasteiger partial charge is 0.386 e. The molecule has 1 aliphatic rings. The molecule has 0 radical (unpaired) electrons. The molecular weight excluding hydrogens is 409 g/mol. The lowest BCUT2D eigenvalue weighted by molar-refractivity contribution is -0.213. The molecule has 0 unspecified atom stereocenters. The average Bonchev–Trinajstić information content (AvgIpc) is 2.80. The highest BCUT2D eigenvalue weighted by atomic mass is 19.4. The number of nitrogens with zero attached hydrogens (tertiary/aromatic N) is 2. The summed E-state index contributed by atoms with van der Waals surface area (Å²) in [6.45, 7) is 4.30. The predicted octanol–water partition coefficient (Wildman–Crippen LogP) is 5.18. The van der Waals surface area contributed by atoms with Crippen LogP contribution < -0.4 is 5.32 Å². The first-order chi connectivity index (χ1) is 13.6. The lowest BCUT2D eigenvalue weighted by atomic mass is 9.88. The van der Waals surface area contributed by atoms with E-state index in [0.717, 1.165) is 26.3 Å². The minimum absolute atomic E-state index is 0.0877. The number of rotatable bonds is 5. The van der Waals surface area contributed by atoms with Gasteiger partial charge in [-0.05, 0) is 33.1 Å². The molecule has 30 heavy (non-hydrogen) atoms. The van der Waals surface area contributed by atoms with Crippen molar-refractivity contribution in [2.75, 3.05) is 5.32 Å². The topological polar surface area (TPSA) is 67.2 Å². The number of amides is 1. The van der Waals surface area contributed by atoms with Crippen molar-refractivity contribution in [3.05, 3.63) is 23.3 Å². The Labute approximate surface area is 170 Å². The average molecular weight is 433 g/mol. The number of anilines is 1. The van der Waals surface area contributed by atoms with E-state index in [1.807, 2.05) is 0 Å². The van der Waals surface area contributed by atoms with Gasteiger partial charge in [0.05, 0.1) is 22.1 Å². The number of fused-ring (bicyclic) bond motifs is 1. The Kier molecular flexibility index (Phi) is 5.37. The molecule has 10 heteroatoms. The van der Waals surface area contributed by atoms with Crippen molar-refractivity contribution in [2.45, 2.75) is 71.2 Å². The lowest BCUT2D eigenvalue weighted by Crippen LogP contribution is -2.36. The number of hydrogen-bond acceptors (Lipinski definition) is 3. The molecule has 5 nitrogen and oxygen atoms in total. The van der Waals surface area contributed by atoms with Gasteiger partial charge in [0.15, 0.2) is 5.82 Å². The standard InChI is InChI=1S/C20H24F5N3O2/c1-18(2,20(23,24)25)9-13(29)27-17-26-12-8-11(21)14(19(3,4)30)15(22)16(12)28(17)10-6-5-7-10/h8,10,30H,5-7,9H2,1-4H3,(H,26,27,29). The maximum atomic E-state index is 15.3. The molecule has 0 aliphatic heterocycles. The zero-order valence-corrected chi connectivity index (χ0v) is 17.1. The van der Waals surface area contributed by atoms with Crippen LogP contribution in [0.5, 0.6) is 0 Å². The molecule has 166 valence electrons. The molecule has 1 aromatic carbocycles. The minimum Gasteiger partial charge on any atom is -0.386 e. The quantitative estimate of drug-likeness (QED) is 0.639. The number of nitrogens with one attached hydrogen (secondary N) is 1. The third-order valence-electron chi connectivity index (χ3n) is 5.54. The van der Waals surface area contributed by atoms with E-state index in [2.05, 4.69) is 10.3 Å². The number of imidazole rings is 1. The summed E-state index contributed by atoms with van der Waals surface area (Å²) in [7, 11) is 0. The largest absolute Gasteiger partial charge is 0.394 e. The molecule has 0 saturated heterocycles. The summed E-state index contributed by atoms with van der Waals surface area (Å²) in [4.78, 5) is 16.4. The van der Waals surface area contributed by atoms with Crippen LogP contribution in [0, 0.1) is 17.0 Å². The summed E-state index contributed by atoms with van der Waals surface area (Å²) in [5.41, 5.74) is -4.79. The summed E-state index contributed by atoms with van der Waals surface area (Å²) in [5, 5.41) is 12.5. The monoisotopic (exact) mass is 433 g/mol. The Bertz CT molecular complexity index is 985. The van der Waals surface area contributed by atoms with Gasteiger partial charge in [0.1, 0.15) is 11.3 Å². The number of halogens is 5. The SMILES string of the molecule is CC(C)(O)c1c(F)cc2nc(NC(=O)CC(C)(C)C(F)(F)F)n(C3CCC3)c2c1F. The van der Waals surface area contributed by atoms with Gasteiger partial charge in [-0.2, -0.15) is 13.2 Å². The first kappa shape index (κ1) is 22.5. The van der Waals surface area contributed by atoms with Crippen LogP contribution in [0.3, 0.4) is 0 Å². The summed E-state index contributed by atoms with van der Waals surface area (Å²) in [5.74, 6) is -3.07. The molecule has 1 fully saturated rings. The van der Waals surface area contributed by atoms with Crippen molar-refractivity contribution in [3.63, 3.8) is 0 Å². The molecule has 1 heterocycles. The van der Waals surface area contributed by atoms with Gasteiger partial charge in [-0.15, -0.1) is 0 Å². The van der Waals surface area contributed by atoms with Crippen LogP contribution in [0.2, 0.25) is 0 Å². The van der Waals surface area contributed by atoms with Crippen molar-refractivity contribution in [1.29, 1.82) is 0 Å². The number of alkyl halides is 3. The van der Waals surface area contributed by atoms with Crippen molar-refractivity contribution in [1.82, 2.24) is 9.55 Å². The zero-order valence-electron chi connectivity index (χ0n) is 17.1. The van der Waals surface area contributed by atoms with E-state index in [1.165, 1.54) is 18.4 Å². The number of carbonyl (C=O) groups excluding carboxylic acids is 1. The van der Waals surface area contributed by atoms with E-state index in [-0.39, 0.29) is 23.0 Å². The van der Waals surface area contributed by atoms with Crippen LogP contribution >= 0.6 is 0 Å². The Balaban J connectivity index is 2.07. The third-order valence-corrected chi connectivity index (χ3v) is 5.54. The Morgan fingerprint density at radius 3 is 2.30 bits per heavy atom. The van der Waals surface area contributed by atoms with Gasteiger partial charge < -0.3 is 9.67 Å². The van der Waals surface area contributed by atoms with Gasteiger partial charge in [0, 0.05) is 18.5 Å². The first-order valence-electron chi connectivity index (χ1n) is 9.63. The van der Waals surface area contributed by atoms with Gasteiger partial charge in [0.25, 0.3) is 0 Å². The van der Waals surface area contributed by atoms with E-state index in [1.54, 1.807) is 0 Å². The van der Waals surface area contributed by atoms with Crippen LogP contribution in [0.1, 0.15) is 65.0 Å². The fraction of sp³-hybridized carbons (Fsp3) is 0.600. The Morgan fingerprint density at radius 2 is 1.83 bits per heavy atom. The van der Waals surface area contributed by atoms with E-state index in [0.29, 0.717) is 12.8 Å². The van der Waals surface area contributed by atoms with Gasteiger partial charge >= 0.3 is 6.18 Å². The normalized spacial score (nSPS) is 16.1. The lowest BCUT2D eigenvalue weighted by Gasteiger charge is -2.30. The number of aromatic nitrogens is 2. The molecule has 0 atom stereocenters. The molecule has 1 aliphatic carbocycles. The second-order valence-corrected chi connectivity index (χ2v) is 8.97. The molecule has 1 saturated carbocycles. The fourth-order valence-corrected chi connectivity index (χ4v) is 3.50. The molecule has 1 aromatic heterocycles. The van der Waals surface area contributed by atoms with Crippen molar-refractivity contribution < 1.29 is 31.9 Å². The minimum atomic E-state index is -4.59. The molecule has 3 rings (SSSR count). The molecule has 2 aromatic rings. The number of carbonyl (C=O) groups is 1. The molecule has 0 bridgehead atoms. The van der Waals surface area contributed by atoms with E-state index < -0.39 is 46.7 Å². The number of aliphatic hydroxyl groups is 1. The fourth-order valence-electron chi connectivity index (χ4n) is 3.50. The summed E-state index contributed by atoms with van der Waals surface area (Å²) < 4.78 is 70.4. The maximum absolute atomic E-state index is 15.3. The van der Waals surface area contributed by atoms with Crippen LogP contribution in [-0.2, 0) is 10.4 Å². The second-order valence-electron chi connectivity index (χ2n) is 8.97. The predicted molar refractivity (Wildman–Crippen MR) is 101 cm³/mol. The van der Waals surface area contributed by atoms with Gasteiger partial charge in [-0.25, -0.2) is 13.8 Å². The molecule has 1 amide bonds. The Hall–Kier alpha value is -2.23. The van der Waals surface area contributed by atoms with E-state index >= 15 is 4.39 Å².